The topological polar surface area (TPSA) is 45.5 Å². The Morgan fingerprint density at radius 1 is 1.44 bits per heavy atom. The number of hydrogen-bond acceptors (Lipinski definition) is 1. The Morgan fingerprint density at radius 3 is 2.94 bits per heavy atom. The van der Waals surface area contributed by atoms with E-state index >= 15 is 0 Å². The predicted octanol–water partition coefficient (Wildman–Crippen LogP) is 2.98. The van der Waals surface area contributed by atoms with Crippen LogP contribution in [0.25, 0.3) is 10.9 Å². The van der Waals surface area contributed by atoms with Gasteiger partial charge in [0.2, 0.25) is 0 Å². The van der Waals surface area contributed by atoms with Crippen LogP contribution in [-0.2, 0) is 20.0 Å². The van der Waals surface area contributed by atoms with Crippen LogP contribution < -0.4 is 0 Å². The fourth-order valence-corrected chi connectivity index (χ4v) is 3.06. The van der Waals surface area contributed by atoms with Crippen molar-refractivity contribution in [2.45, 2.75) is 13.0 Å². The van der Waals surface area contributed by atoms with Gasteiger partial charge in [0.25, 0.3) is 0 Å². The molecule has 1 amide bonds. The van der Waals surface area contributed by atoms with E-state index in [1.54, 1.807) is 0 Å². The normalized spacial score (nSPS) is 14.9. The summed E-state index contributed by atoms with van der Waals surface area (Å²) in [6.45, 7) is 1.07. The number of rotatable bonds is 0. The lowest BCUT2D eigenvalue weighted by molar-refractivity contribution is 0.139. The minimum atomic E-state index is -0.838. The Balaban J connectivity index is 2.19. The number of aryl methyl sites for hydroxylation is 1. The molecule has 94 valence electrons. The lowest BCUT2D eigenvalue weighted by atomic mass is 10.1. The van der Waals surface area contributed by atoms with Gasteiger partial charge in [-0.15, -0.1) is 0 Å². The Bertz CT molecular complexity index is 648. The van der Waals surface area contributed by atoms with Crippen LogP contribution in [0.15, 0.2) is 22.7 Å². The molecule has 0 saturated carbocycles. The molecule has 18 heavy (non-hydrogen) atoms. The highest BCUT2D eigenvalue weighted by molar-refractivity contribution is 9.10. The second kappa shape index (κ2) is 4.02. The molecule has 0 bridgehead atoms. The molecule has 1 N–H and O–H groups in total. The molecule has 4 nitrogen and oxygen atoms in total. The molecule has 0 fully saturated rings. The summed E-state index contributed by atoms with van der Waals surface area (Å²) in [6, 6.07) is 6.14. The molecule has 1 aliphatic heterocycles. The maximum Gasteiger partial charge on any atom is 0.407 e. The Labute approximate surface area is 113 Å². The summed E-state index contributed by atoms with van der Waals surface area (Å²) in [7, 11) is 2.05. The van der Waals surface area contributed by atoms with E-state index in [1.165, 1.54) is 10.6 Å². The van der Waals surface area contributed by atoms with E-state index in [2.05, 4.69) is 32.6 Å². The molecule has 0 spiro atoms. The smallest absolute Gasteiger partial charge is 0.407 e. The largest absolute Gasteiger partial charge is 0.465 e. The van der Waals surface area contributed by atoms with E-state index in [9.17, 15) is 4.79 Å². The first kappa shape index (κ1) is 11.6. The molecule has 3 rings (SSSR count). The maximum atomic E-state index is 11.1. The van der Waals surface area contributed by atoms with Crippen LogP contribution in [-0.4, -0.2) is 27.2 Å². The second-order valence-electron chi connectivity index (χ2n) is 4.60. The predicted molar refractivity (Wildman–Crippen MR) is 72.8 cm³/mol. The van der Waals surface area contributed by atoms with Gasteiger partial charge in [0, 0.05) is 46.6 Å². The first-order chi connectivity index (χ1) is 8.58. The summed E-state index contributed by atoms with van der Waals surface area (Å²) in [5.74, 6) is 0. The highest BCUT2D eigenvalue weighted by Gasteiger charge is 2.25. The number of aromatic nitrogens is 1. The van der Waals surface area contributed by atoms with Crippen LogP contribution in [0.1, 0.15) is 11.3 Å². The van der Waals surface area contributed by atoms with E-state index in [4.69, 9.17) is 5.11 Å². The minimum Gasteiger partial charge on any atom is -0.465 e. The standard InChI is InChI=1S/C13H13BrN2O2/c1-15-11-4-5-16(13(17)18)7-10(11)9-3-2-8(14)6-12(9)15/h2-3,6H,4-5,7H2,1H3,(H,17,18). The summed E-state index contributed by atoms with van der Waals surface area (Å²) in [6.07, 6.45) is -0.0560. The van der Waals surface area contributed by atoms with E-state index in [0.717, 1.165) is 27.4 Å². The lowest BCUT2D eigenvalue weighted by Gasteiger charge is -2.25. The molecular formula is C13H13BrN2O2. The van der Waals surface area contributed by atoms with Gasteiger partial charge >= 0.3 is 6.09 Å². The molecule has 1 aliphatic rings. The number of benzene rings is 1. The third-order valence-corrected chi connectivity index (χ3v) is 4.13. The summed E-state index contributed by atoms with van der Waals surface area (Å²) in [5, 5.41) is 10.3. The quantitative estimate of drug-likeness (QED) is 0.813. The minimum absolute atomic E-state index is 0.490. The van der Waals surface area contributed by atoms with Gasteiger partial charge in [-0.25, -0.2) is 4.79 Å². The van der Waals surface area contributed by atoms with Crippen molar-refractivity contribution in [3.63, 3.8) is 0 Å². The maximum absolute atomic E-state index is 11.1. The molecule has 5 heteroatoms. The number of amides is 1. The third kappa shape index (κ3) is 1.61. The molecule has 2 aromatic rings. The molecule has 0 unspecified atom stereocenters. The van der Waals surface area contributed by atoms with Crippen molar-refractivity contribution in [2.75, 3.05) is 6.54 Å². The van der Waals surface area contributed by atoms with Crippen molar-refractivity contribution in [3.05, 3.63) is 33.9 Å². The van der Waals surface area contributed by atoms with E-state index < -0.39 is 6.09 Å². The zero-order valence-corrected chi connectivity index (χ0v) is 11.6. The van der Waals surface area contributed by atoms with E-state index in [0.29, 0.717) is 13.1 Å². The van der Waals surface area contributed by atoms with Crippen molar-refractivity contribution >= 4 is 32.9 Å². The summed E-state index contributed by atoms with van der Waals surface area (Å²) in [4.78, 5) is 12.5. The van der Waals surface area contributed by atoms with Gasteiger partial charge in [-0.2, -0.15) is 0 Å². The molecule has 1 aromatic heterocycles. The average molecular weight is 309 g/mol. The van der Waals surface area contributed by atoms with Crippen molar-refractivity contribution in [2.24, 2.45) is 7.05 Å². The highest BCUT2D eigenvalue weighted by Crippen LogP contribution is 2.31. The molecule has 0 radical (unpaired) electrons. The van der Waals surface area contributed by atoms with Gasteiger partial charge in [-0.05, 0) is 12.1 Å². The number of carboxylic acid groups (broad SMARTS) is 1. The van der Waals surface area contributed by atoms with Crippen molar-refractivity contribution in [1.29, 1.82) is 0 Å². The van der Waals surface area contributed by atoms with Gasteiger partial charge in [0.05, 0.1) is 6.54 Å². The number of hydrogen-bond donors (Lipinski definition) is 1. The fourth-order valence-electron chi connectivity index (χ4n) is 2.71. The van der Waals surface area contributed by atoms with Crippen LogP contribution >= 0.6 is 15.9 Å². The molecule has 1 aromatic carbocycles. The zero-order valence-electron chi connectivity index (χ0n) is 9.98. The Kier molecular flexibility index (Phi) is 2.59. The number of halogens is 1. The van der Waals surface area contributed by atoms with E-state index in [-0.39, 0.29) is 0 Å². The van der Waals surface area contributed by atoms with Crippen LogP contribution in [0, 0.1) is 0 Å². The number of carbonyl (C=O) groups is 1. The van der Waals surface area contributed by atoms with Crippen molar-refractivity contribution < 1.29 is 9.90 Å². The van der Waals surface area contributed by atoms with Crippen LogP contribution in [0.4, 0.5) is 4.79 Å². The first-order valence-electron chi connectivity index (χ1n) is 5.81. The zero-order chi connectivity index (χ0) is 12.9. The SMILES string of the molecule is Cn1c2c(c3ccc(Br)cc31)CN(C(=O)O)CC2. The van der Waals surface area contributed by atoms with Crippen LogP contribution in [0.3, 0.4) is 0 Å². The fraction of sp³-hybridized carbons (Fsp3) is 0.308. The van der Waals surface area contributed by atoms with Crippen LogP contribution in [0.2, 0.25) is 0 Å². The molecule has 0 saturated heterocycles. The Hall–Kier alpha value is -1.49. The molecular weight excluding hydrogens is 296 g/mol. The monoisotopic (exact) mass is 308 g/mol. The Morgan fingerprint density at radius 2 is 2.22 bits per heavy atom. The molecule has 2 heterocycles. The van der Waals surface area contributed by atoms with Crippen molar-refractivity contribution in [3.8, 4) is 0 Å². The van der Waals surface area contributed by atoms with Gasteiger partial charge < -0.3 is 14.6 Å². The number of fused-ring (bicyclic) bond motifs is 3. The first-order valence-corrected chi connectivity index (χ1v) is 6.61. The molecule has 0 atom stereocenters. The van der Waals surface area contributed by atoms with Gasteiger partial charge in [-0.3, -0.25) is 0 Å². The van der Waals surface area contributed by atoms with E-state index in [1.807, 2.05) is 13.1 Å². The summed E-state index contributed by atoms with van der Waals surface area (Å²) in [5.41, 5.74) is 3.55. The van der Waals surface area contributed by atoms with Gasteiger partial charge in [0.15, 0.2) is 0 Å². The van der Waals surface area contributed by atoms with Gasteiger partial charge in [-0.1, -0.05) is 22.0 Å². The van der Waals surface area contributed by atoms with Crippen LogP contribution in [0.5, 0.6) is 0 Å². The summed E-state index contributed by atoms with van der Waals surface area (Å²) >= 11 is 3.48. The van der Waals surface area contributed by atoms with Gasteiger partial charge in [0.1, 0.15) is 0 Å². The second-order valence-corrected chi connectivity index (χ2v) is 5.52. The van der Waals surface area contributed by atoms with Crippen molar-refractivity contribution in [1.82, 2.24) is 9.47 Å². The average Bonchev–Trinajstić information content (AvgIpc) is 2.62. The molecule has 0 aliphatic carbocycles. The highest BCUT2D eigenvalue weighted by atomic mass is 79.9. The lowest BCUT2D eigenvalue weighted by Crippen LogP contribution is -2.34. The third-order valence-electron chi connectivity index (χ3n) is 3.64. The number of nitrogens with zero attached hydrogens (tertiary/aromatic N) is 2. The summed E-state index contributed by atoms with van der Waals surface area (Å²) < 4.78 is 3.22.